The zero-order valence-corrected chi connectivity index (χ0v) is 16.6. The second-order valence-electron chi connectivity index (χ2n) is 8.20. The summed E-state index contributed by atoms with van der Waals surface area (Å²) in [5, 5.41) is 0. The molecule has 3 heterocycles. The first-order valence-corrected chi connectivity index (χ1v) is 10.3. The van der Waals surface area contributed by atoms with Crippen LogP contribution in [0.25, 0.3) is 0 Å². The van der Waals surface area contributed by atoms with Gasteiger partial charge in [0.25, 0.3) is 0 Å². The number of benzene rings is 1. The Labute approximate surface area is 170 Å². The number of rotatable bonds is 3. The van der Waals surface area contributed by atoms with E-state index < -0.39 is 0 Å². The van der Waals surface area contributed by atoms with Crippen LogP contribution in [-0.2, 0) is 16.0 Å². The molecule has 2 amide bonds. The lowest BCUT2D eigenvalue weighted by Crippen LogP contribution is -2.50. The lowest BCUT2D eigenvalue weighted by Gasteiger charge is -2.35. The van der Waals surface area contributed by atoms with Gasteiger partial charge >= 0.3 is 0 Å². The van der Waals surface area contributed by atoms with Gasteiger partial charge in [0.15, 0.2) is 0 Å². The highest BCUT2D eigenvalue weighted by molar-refractivity contribution is 6.02. The highest BCUT2D eigenvalue weighted by Crippen LogP contribution is 2.44. The summed E-state index contributed by atoms with van der Waals surface area (Å²) in [7, 11) is 0. The molecule has 29 heavy (non-hydrogen) atoms. The summed E-state index contributed by atoms with van der Waals surface area (Å²) in [5.74, 6) is 0.601. The van der Waals surface area contributed by atoms with Crippen molar-refractivity contribution in [2.45, 2.75) is 25.8 Å². The van der Waals surface area contributed by atoms with Crippen molar-refractivity contribution in [2.75, 3.05) is 36.0 Å². The summed E-state index contributed by atoms with van der Waals surface area (Å²) in [6.45, 7) is 4.83. The van der Waals surface area contributed by atoms with E-state index in [-0.39, 0.29) is 29.7 Å². The fourth-order valence-corrected chi connectivity index (χ4v) is 4.64. The molecule has 0 spiro atoms. The number of nitrogens with zero attached hydrogens (tertiary/aromatic N) is 5. The first kappa shape index (κ1) is 18.1. The van der Waals surface area contributed by atoms with Crippen LogP contribution in [-0.4, -0.2) is 58.9 Å². The van der Waals surface area contributed by atoms with Crippen LogP contribution < -0.4 is 9.80 Å². The van der Waals surface area contributed by atoms with E-state index in [1.807, 2.05) is 28.0 Å². The number of fused-ring (bicyclic) bond motifs is 1. The Bertz CT molecular complexity index is 926. The number of anilines is 2. The van der Waals surface area contributed by atoms with E-state index in [1.54, 1.807) is 18.5 Å². The number of amides is 2. The fraction of sp³-hybridized carbons (Fsp3) is 0.455. The van der Waals surface area contributed by atoms with Gasteiger partial charge in [-0.25, -0.2) is 9.97 Å². The highest BCUT2D eigenvalue weighted by atomic mass is 16.2. The number of hydrogen-bond donors (Lipinski definition) is 0. The molecule has 2 fully saturated rings. The Kier molecular flexibility index (Phi) is 4.45. The minimum absolute atomic E-state index is 0.108. The van der Waals surface area contributed by atoms with Crippen molar-refractivity contribution in [3.05, 3.63) is 48.3 Å². The molecule has 1 aliphatic carbocycles. The van der Waals surface area contributed by atoms with Crippen molar-refractivity contribution in [3.63, 3.8) is 0 Å². The molecule has 0 radical (unpaired) electrons. The molecule has 1 aromatic carbocycles. The van der Waals surface area contributed by atoms with Crippen molar-refractivity contribution in [1.29, 1.82) is 0 Å². The molecule has 0 N–H and O–H groups in total. The molecule has 1 saturated carbocycles. The van der Waals surface area contributed by atoms with E-state index in [0.717, 1.165) is 25.2 Å². The number of piperazine rings is 1. The summed E-state index contributed by atoms with van der Waals surface area (Å²) in [6.07, 6.45) is 5.03. The fourth-order valence-electron chi connectivity index (χ4n) is 4.64. The predicted molar refractivity (Wildman–Crippen MR) is 110 cm³/mol. The molecule has 1 saturated heterocycles. The maximum Gasteiger partial charge on any atom is 0.231 e. The molecule has 2 aromatic rings. The quantitative estimate of drug-likeness (QED) is 0.797. The van der Waals surface area contributed by atoms with Crippen LogP contribution in [0.4, 0.5) is 11.6 Å². The van der Waals surface area contributed by atoms with Crippen LogP contribution in [0.2, 0.25) is 0 Å². The lowest BCUT2D eigenvalue weighted by molar-refractivity contribution is -0.134. The summed E-state index contributed by atoms with van der Waals surface area (Å²) in [4.78, 5) is 40.6. The maximum atomic E-state index is 13.1. The van der Waals surface area contributed by atoms with E-state index in [9.17, 15) is 9.59 Å². The third kappa shape index (κ3) is 3.24. The van der Waals surface area contributed by atoms with Gasteiger partial charge in [0.2, 0.25) is 17.8 Å². The third-order valence-corrected chi connectivity index (χ3v) is 6.30. The van der Waals surface area contributed by atoms with Crippen LogP contribution in [0.15, 0.2) is 42.7 Å². The van der Waals surface area contributed by atoms with Gasteiger partial charge in [0, 0.05) is 50.3 Å². The minimum atomic E-state index is -0.174. The van der Waals surface area contributed by atoms with Crippen LogP contribution in [0.5, 0.6) is 0 Å². The first-order chi connectivity index (χ1) is 14.1. The molecule has 7 nitrogen and oxygen atoms in total. The molecule has 3 aliphatic rings. The second-order valence-corrected chi connectivity index (χ2v) is 8.20. The molecule has 5 rings (SSSR count). The van der Waals surface area contributed by atoms with Crippen molar-refractivity contribution in [3.8, 4) is 0 Å². The van der Waals surface area contributed by atoms with Gasteiger partial charge in [-0.1, -0.05) is 18.2 Å². The molecule has 7 heteroatoms. The van der Waals surface area contributed by atoms with E-state index in [0.29, 0.717) is 25.5 Å². The average molecular weight is 391 g/mol. The maximum absolute atomic E-state index is 13.1. The Morgan fingerprint density at radius 3 is 2.38 bits per heavy atom. The van der Waals surface area contributed by atoms with Crippen LogP contribution in [0.1, 0.15) is 18.9 Å². The Hall–Kier alpha value is -2.96. The Morgan fingerprint density at radius 1 is 0.931 bits per heavy atom. The standard InChI is InChI=1S/C22H25N5O2/c1-15-13-16-5-2-3-6-19(16)27(15)21(29)18-14-17(18)20(28)25-9-11-26(12-10-25)22-23-7-4-8-24-22/h2-8,15,17-18H,9-14H2,1H3. The van der Waals surface area contributed by atoms with Gasteiger partial charge in [-0.3, -0.25) is 9.59 Å². The van der Waals surface area contributed by atoms with Crippen LogP contribution >= 0.6 is 0 Å². The van der Waals surface area contributed by atoms with E-state index >= 15 is 0 Å². The van der Waals surface area contributed by atoms with Crippen molar-refractivity contribution in [1.82, 2.24) is 14.9 Å². The molecule has 3 atom stereocenters. The number of carbonyl (C=O) groups is 2. The van der Waals surface area contributed by atoms with Gasteiger partial charge in [-0.15, -0.1) is 0 Å². The Balaban J connectivity index is 1.20. The summed E-state index contributed by atoms with van der Waals surface area (Å²) >= 11 is 0. The first-order valence-electron chi connectivity index (χ1n) is 10.3. The number of carbonyl (C=O) groups excluding carboxylic acids is 2. The van der Waals surface area contributed by atoms with E-state index in [2.05, 4.69) is 27.9 Å². The van der Waals surface area contributed by atoms with Crippen molar-refractivity contribution >= 4 is 23.5 Å². The molecular weight excluding hydrogens is 366 g/mol. The minimum Gasteiger partial charge on any atom is -0.339 e. The van der Waals surface area contributed by atoms with Crippen LogP contribution in [0.3, 0.4) is 0 Å². The van der Waals surface area contributed by atoms with Gasteiger partial charge in [0.1, 0.15) is 0 Å². The summed E-state index contributed by atoms with van der Waals surface area (Å²) < 4.78 is 0. The number of para-hydroxylation sites is 1. The Morgan fingerprint density at radius 2 is 1.62 bits per heavy atom. The molecule has 0 bridgehead atoms. The van der Waals surface area contributed by atoms with Gasteiger partial charge < -0.3 is 14.7 Å². The highest BCUT2D eigenvalue weighted by Gasteiger charge is 2.52. The zero-order valence-electron chi connectivity index (χ0n) is 16.6. The summed E-state index contributed by atoms with van der Waals surface area (Å²) in [5.41, 5.74) is 2.23. The monoisotopic (exact) mass is 391 g/mol. The smallest absolute Gasteiger partial charge is 0.231 e. The third-order valence-electron chi connectivity index (χ3n) is 6.30. The zero-order chi connectivity index (χ0) is 20.0. The molecule has 3 unspecified atom stereocenters. The molecule has 1 aromatic heterocycles. The lowest BCUT2D eigenvalue weighted by atomic mass is 10.1. The normalized spacial score (nSPS) is 25.7. The topological polar surface area (TPSA) is 69.6 Å². The summed E-state index contributed by atoms with van der Waals surface area (Å²) in [6, 6.07) is 10.1. The van der Waals surface area contributed by atoms with E-state index in [4.69, 9.17) is 0 Å². The SMILES string of the molecule is CC1Cc2ccccc2N1C(=O)C1CC1C(=O)N1CCN(c2ncccn2)CC1. The van der Waals surface area contributed by atoms with Gasteiger partial charge in [-0.05, 0) is 37.5 Å². The molecular formula is C22H25N5O2. The predicted octanol–water partition coefficient (Wildman–Crippen LogP) is 1.74. The average Bonchev–Trinajstić information content (AvgIpc) is 3.49. The largest absolute Gasteiger partial charge is 0.339 e. The molecule has 2 aliphatic heterocycles. The second kappa shape index (κ2) is 7.13. The van der Waals surface area contributed by atoms with Crippen molar-refractivity contribution < 1.29 is 9.59 Å². The van der Waals surface area contributed by atoms with E-state index in [1.165, 1.54) is 5.56 Å². The number of hydrogen-bond acceptors (Lipinski definition) is 5. The van der Waals surface area contributed by atoms with Crippen LogP contribution in [0, 0.1) is 11.8 Å². The van der Waals surface area contributed by atoms with Crippen molar-refractivity contribution in [2.24, 2.45) is 11.8 Å². The van der Waals surface area contributed by atoms with Gasteiger partial charge in [-0.2, -0.15) is 0 Å². The van der Waals surface area contributed by atoms with Gasteiger partial charge in [0.05, 0.1) is 11.8 Å². The molecule has 150 valence electrons. The number of aromatic nitrogens is 2.